The van der Waals surface area contributed by atoms with Gasteiger partial charge in [0.15, 0.2) is 0 Å². The SMILES string of the molecule is CCCCc1cc(CCCC(=O)OC)cc2c1C(=O)OC2. The van der Waals surface area contributed by atoms with E-state index in [4.69, 9.17) is 4.74 Å². The Balaban J connectivity index is 2.12. The Morgan fingerprint density at radius 3 is 2.81 bits per heavy atom. The fourth-order valence-electron chi connectivity index (χ4n) is 2.68. The lowest BCUT2D eigenvalue weighted by molar-refractivity contribution is -0.140. The van der Waals surface area contributed by atoms with Crippen molar-refractivity contribution in [2.45, 2.75) is 52.1 Å². The molecule has 0 amide bonds. The van der Waals surface area contributed by atoms with E-state index in [0.717, 1.165) is 48.8 Å². The van der Waals surface area contributed by atoms with E-state index < -0.39 is 0 Å². The van der Waals surface area contributed by atoms with Gasteiger partial charge in [0.25, 0.3) is 0 Å². The molecule has 0 aromatic heterocycles. The quantitative estimate of drug-likeness (QED) is 0.724. The maximum Gasteiger partial charge on any atom is 0.339 e. The van der Waals surface area contributed by atoms with E-state index in [0.29, 0.717) is 13.0 Å². The zero-order chi connectivity index (χ0) is 15.2. The number of fused-ring (bicyclic) bond motifs is 1. The molecule has 1 heterocycles. The van der Waals surface area contributed by atoms with Gasteiger partial charge in [-0.25, -0.2) is 4.79 Å². The van der Waals surface area contributed by atoms with Crippen LogP contribution in [-0.4, -0.2) is 19.0 Å². The molecule has 0 saturated carbocycles. The molecule has 1 aromatic rings. The van der Waals surface area contributed by atoms with Gasteiger partial charge in [0.2, 0.25) is 0 Å². The minimum Gasteiger partial charge on any atom is -0.469 e. The van der Waals surface area contributed by atoms with Gasteiger partial charge >= 0.3 is 11.9 Å². The van der Waals surface area contributed by atoms with E-state index in [9.17, 15) is 9.59 Å². The number of benzene rings is 1. The molecule has 0 spiro atoms. The van der Waals surface area contributed by atoms with Crippen molar-refractivity contribution < 1.29 is 19.1 Å². The highest BCUT2D eigenvalue weighted by Gasteiger charge is 2.25. The van der Waals surface area contributed by atoms with E-state index in [1.807, 2.05) is 6.07 Å². The number of unbranched alkanes of at least 4 members (excludes halogenated alkanes) is 1. The summed E-state index contributed by atoms with van der Waals surface area (Å²) in [6.45, 7) is 2.51. The van der Waals surface area contributed by atoms with Gasteiger partial charge in [-0.2, -0.15) is 0 Å². The molecule has 0 saturated heterocycles. The highest BCUT2D eigenvalue weighted by molar-refractivity contribution is 5.95. The summed E-state index contributed by atoms with van der Waals surface area (Å²) in [7, 11) is 1.41. The Morgan fingerprint density at radius 1 is 1.29 bits per heavy atom. The molecule has 1 aromatic carbocycles. The molecule has 1 aliphatic heterocycles. The van der Waals surface area contributed by atoms with Crippen LogP contribution in [0.3, 0.4) is 0 Å². The molecule has 2 rings (SSSR count). The minimum atomic E-state index is -0.197. The molecule has 0 fully saturated rings. The van der Waals surface area contributed by atoms with Crippen molar-refractivity contribution in [1.29, 1.82) is 0 Å². The predicted molar refractivity (Wildman–Crippen MR) is 79.1 cm³/mol. The molecule has 0 N–H and O–H groups in total. The average Bonchev–Trinajstić information content (AvgIpc) is 2.86. The lowest BCUT2D eigenvalue weighted by atomic mass is 9.94. The normalized spacial score (nSPS) is 13.0. The molecule has 0 unspecified atom stereocenters. The standard InChI is InChI=1S/C17H22O4/c1-3-4-7-13-9-12(6-5-8-15(18)20-2)10-14-11-21-17(19)16(13)14/h9-10H,3-8,11H2,1-2H3. The summed E-state index contributed by atoms with van der Waals surface area (Å²) < 4.78 is 9.80. The third kappa shape index (κ3) is 3.84. The van der Waals surface area contributed by atoms with Crippen molar-refractivity contribution in [2.75, 3.05) is 7.11 Å². The van der Waals surface area contributed by atoms with Crippen LogP contribution in [-0.2, 0) is 33.7 Å². The molecule has 0 atom stereocenters. The van der Waals surface area contributed by atoms with Crippen molar-refractivity contribution in [2.24, 2.45) is 0 Å². The first-order valence-corrected chi connectivity index (χ1v) is 7.54. The Kier molecular flexibility index (Phi) is 5.37. The third-order valence-electron chi connectivity index (χ3n) is 3.80. The topological polar surface area (TPSA) is 52.6 Å². The minimum absolute atomic E-state index is 0.180. The first-order chi connectivity index (χ1) is 10.2. The van der Waals surface area contributed by atoms with Crippen LogP contribution in [0.15, 0.2) is 12.1 Å². The Morgan fingerprint density at radius 2 is 2.10 bits per heavy atom. The van der Waals surface area contributed by atoms with Crippen LogP contribution in [0.2, 0.25) is 0 Å². The maximum atomic E-state index is 11.8. The van der Waals surface area contributed by atoms with Gasteiger partial charge in [-0.1, -0.05) is 25.5 Å². The number of hydrogen-bond acceptors (Lipinski definition) is 4. The molecular weight excluding hydrogens is 268 g/mol. The third-order valence-corrected chi connectivity index (χ3v) is 3.80. The lowest BCUT2D eigenvalue weighted by Crippen LogP contribution is -2.04. The van der Waals surface area contributed by atoms with Gasteiger partial charge in [-0.05, 0) is 36.8 Å². The number of carbonyl (C=O) groups is 2. The molecule has 1 aliphatic rings. The van der Waals surface area contributed by atoms with E-state index in [1.165, 1.54) is 12.7 Å². The van der Waals surface area contributed by atoms with Gasteiger partial charge in [0, 0.05) is 12.0 Å². The van der Waals surface area contributed by atoms with Crippen molar-refractivity contribution >= 4 is 11.9 Å². The smallest absolute Gasteiger partial charge is 0.339 e. The average molecular weight is 290 g/mol. The van der Waals surface area contributed by atoms with Gasteiger partial charge in [-0.3, -0.25) is 4.79 Å². The summed E-state index contributed by atoms with van der Waals surface area (Å²) in [6, 6.07) is 4.13. The van der Waals surface area contributed by atoms with Gasteiger partial charge < -0.3 is 9.47 Å². The van der Waals surface area contributed by atoms with E-state index in [-0.39, 0.29) is 11.9 Å². The molecule has 4 heteroatoms. The summed E-state index contributed by atoms with van der Waals surface area (Å²) in [6.07, 6.45) is 5.05. The molecule has 0 radical (unpaired) electrons. The molecule has 21 heavy (non-hydrogen) atoms. The highest BCUT2D eigenvalue weighted by atomic mass is 16.5. The number of aryl methyl sites for hydroxylation is 2. The molecular formula is C17H22O4. The maximum absolute atomic E-state index is 11.8. The first kappa shape index (κ1) is 15.5. The van der Waals surface area contributed by atoms with Crippen LogP contribution in [0, 0.1) is 0 Å². The second-order valence-electron chi connectivity index (χ2n) is 5.40. The summed E-state index contributed by atoms with van der Waals surface area (Å²) in [5, 5.41) is 0. The van der Waals surface area contributed by atoms with Crippen LogP contribution in [0.1, 0.15) is 59.7 Å². The fraction of sp³-hybridized carbons (Fsp3) is 0.529. The zero-order valence-electron chi connectivity index (χ0n) is 12.7. The van der Waals surface area contributed by atoms with E-state index in [2.05, 4.69) is 17.7 Å². The summed E-state index contributed by atoms with van der Waals surface area (Å²) >= 11 is 0. The van der Waals surface area contributed by atoms with Gasteiger partial charge in [0.05, 0.1) is 12.7 Å². The lowest BCUT2D eigenvalue weighted by Gasteiger charge is -2.09. The molecule has 114 valence electrons. The predicted octanol–water partition coefficient (Wildman–Crippen LogP) is 3.20. The van der Waals surface area contributed by atoms with Crippen LogP contribution < -0.4 is 0 Å². The Hall–Kier alpha value is -1.84. The van der Waals surface area contributed by atoms with Crippen LogP contribution in [0.4, 0.5) is 0 Å². The van der Waals surface area contributed by atoms with Crippen molar-refractivity contribution in [3.63, 3.8) is 0 Å². The molecule has 0 aliphatic carbocycles. The number of hydrogen-bond donors (Lipinski definition) is 0. The Labute approximate surface area is 125 Å². The molecule has 4 nitrogen and oxygen atoms in total. The number of rotatable bonds is 7. The van der Waals surface area contributed by atoms with Crippen molar-refractivity contribution in [3.05, 3.63) is 34.4 Å². The van der Waals surface area contributed by atoms with Gasteiger partial charge in [0.1, 0.15) is 6.61 Å². The molecule has 0 bridgehead atoms. The van der Waals surface area contributed by atoms with Crippen molar-refractivity contribution in [1.82, 2.24) is 0 Å². The number of esters is 2. The number of methoxy groups -OCH3 is 1. The summed E-state index contributed by atoms with van der Waals surface area (Å²) in [5.74, 6) is -0.377. The second-order valence-corrected chi connectivity index (χ2v) is 5.40. The van der Waals surface area contributed by atoms with Crippen LogP contribution >= 0.6 is 0 Å². The Bertz CT molecular complexity index is 534. The van der Waals surface area contributed by atoms with Crippen molar-refractivity contribution in [3.8, 4) is 0 Å². The summed E-state index contributed by atoms with van der Waals surface area (Å²) in [4.78, 5) is 23.0. The van der Waals surface area contributed by atoms with Crippen LogP contribution in [0.25, 0.3) is 0 Å². The number of ether oxygens (including phenoxy) is 2. The monoisotopic (exact) mass is 290 g/mol. The van der Waals surface area contributed by atoms with E-state index >= 15 is 0 Å². The van der Waals surface area contributed by atoms with Crippen LogP contribution in [0.5, 0.6) is 0 Å². The largest absolute Gasteiger partial charge is 0.469 e. The fourth-order valence-corrected chi connectivity index (χ4v) is 2.68. The van der Waals surface area contributed by atoms with Gasteiger partial charge in [-0.15, -0.1) is 0 Å². The highest BCUT2D eigenvalue weighted by Crippen LogP contribution is 2.27. The zero-order valence-corrected chi connectivity index (χ0v) is 12.7. The number of cyclic esters (lactones) is 1. The van der Waals surface area contributed by atoms with E-state index in [1.54, 1.807) is 0 Å². The second kappa shape index (κ2) is 7.25. The summed E-state index contributed by atoms with van der Waals surface area (Å²) in [5.41, 5.74) is 4.01. The number of carbonyl (C=O) groups excluding carboxylic acids is 2. The first-order valence-electron chi connectivity index (χ1n) is 7.54.